The molecule has 0 aromatic carbocycles. The number of carbonyl (C=O) groups is 1. The second-order valence-electron chi connectivity index (χ2n) is 4.68. The predicted molar refractivity (Wildman–Crippen MR) is 61.4 cm³/mol. The Bertz CT molecular complexity index is 643. The zero-order valence-electron chi connectivity index (χ0n) is 10.5. The molecule has 2 aliphatic rings. The summed E-state index contributed by atoms with van der Waals surface area (Å²) in [4.78, 5) is 17.6. The topological polar surface area (TPSA) is 126 Å². The molecule has 1 aromatic rings. The van der Waals surface area contributed by atoms with Crippen LogP contribution < -0.4 is 0 Å². The maximum Gasteiger partial charge on any atom is 0.418 e. The number of fused-ring (bicyclic) bond motifs is 2. The standard InChI is InChI=1S/C9H12N4O6S/c1-5-10-8(11-18-5)7-3-2-6-4-12(7)9(14)13(6)19-20(15,16)17/h6-7H,2-4H2,1H3,(H,15,16,17)/t6-,7+/m1/s1. The van der Waals surface area contributed by atoms with Gasteiger partial charge in [-0.05, 0) is 12.8 Å². The molecule has 1 N–H and O–H groups in total. The number of carbonyl (C=O) groups excluding carboxylic acids is 1. The molecule has 0 aliphatic carbocycles. The quantitative estimate of drug-likeness (QED) is 0.776. The van der Waals surface area contributed by atoms with Crippen LogP contribution in [0.15, 0.2) is 4.52 Å². The van der Waals surface area contributed by atoms with Gasteiger partial charge in [0.2, 0.25) is 5.89 Å². The summed E-state index contributed by atoms with van der Waals surface area (Å²) < 4.78 is 39.4. The van der Waals surface area contributed by atoms with Crippen molar-refractivity contribution in [2.75, 3.05) is 6.54 Å². The minimum absolute atomic E-state index is 0.284. The van der Waals surface area contributed by atoms with Crippen molar-refractivity contribution in [3.05, 3.63) is 11.7 Å². The van der Waals surface area contributed by atoms with Gasteiger partial charge in [0, 0.05) is 13.5 Å². The van der Waals surface area contributed by atoms with Crippen LogP contribution in [0.1, 0.15) is 30.6 Å². The molecule has 3 heterocycles. The van der Waals surface area contributed by atoms with Crippen LogP contribution in [-0.2, 0) is 14.7 Å². The van der Waals surface area contributed by atoms with Crippen LogP contribution in [0.4, 0.5) is 4.79 Å². The fourth-order valence-corrected chi connectivity index (χ4v) is 2.94. The number of nitrogens with zero attached hydrogens (tertiary/aromatic N) is 4. The van der Waals surface area contributed by atoms with Crippen LogP contribution in [-0.4, -0.2) is 51.7 Å². The second kappa shape index (κ2) is 4.40. The number of rotatable bonds is 3. The smallest absolute Gasteiger partial charge is 0.340 e. The van der Waals surface area contributed by atoms with Gasteiger partial charge in [0.1, 0.15) is 0 Å². The van der Waals surface area contributed by atoms with Crippen molar-refractivity contribution in [3.63, 3.8) is 0 Å². The molecule has 2 saturated heterocycles. The van der Waals surface area contributed by atoms with Crippen LogP contribution in [0.25, 0.3) is 0 Å². The molecule has 2 bridgehead atoms. The van der Waals surface area contributed by atoms with E-state index in [4.69, 9.17) is 9.08 Å². The molecule has 20 heavy (non-hydrogen) atoms. The number of aryl methyl sites for hydroxylation is 1. The lowest BCUT2D eigenvalue weighted by molar-refractivity contribution is -0.0317. The molecule has 0 radical (unpaired) electrons. The van der Waals surface area contributed by atoms with Gasteiger partial charge in [-0.15, -0.1) is 4.28 Å². The highest BCUT2D eigenvalue weighted by Crippen LogP contribution is 2.37. The van der Waals surface area contributed by atoms with Gasteiger partial charge in [-0.1, -0.05) is 5.16 Å². The van der Waals surface area contributed by atoms with Gasteiger partial charge >= 0.3 is 16.4 Å². The van der Waals surface area contributed by atoms with Crippen molar-refractivity contribution in [1.82, 2.24) is 20.1 Å². The Hall–Kier alpha value is -1.72. The minimum Gasteiger partial charge on any atom is -0.340 e. The number of amides is 2. The lowest BCUT2D eigenvalue weighted by atomic mass is 10.0. The van der Waals surface area contributed by atoms with E-state index in [1.807, 2.05) is 0 Å². The van der Waals surface area contributed by atoms with Crippen molar-refractivity contribution >= 4 is 16.4 Å². The van der Waals surface area contributed by atoms with Crippen molar-refractivity contribution in [3.8, 4) is 0 Å². The third-order valence-electron chi connectivity index (χ3n) is 3.34. The number of hydroxylamine groups is 2. The van der Waals surface area contributed by atoms with E-state index in [1.165, 1.54) is 4.90 Å². The number of hydrogen-bond donors (Lipinski definition) is 1. The first kappa shape index (κ1) is 13.3. The fourth-order valence-electron chi connectivity index (χ4n) is 2.55. The van der Waals surface area contributed by atoms with E-state index >= 15 is 0 Å². The molecule has 2 aliphatic heterocycles. The Morgan fingerprint density at radius 1 is 1.45 bits per heavy atom. The predicted octanol–water partition coefficient (Wildman–Crippen LogP) is 0.0535. The van der Waals surface area contributed by atoms with Gasteiger partial charge in [-0.25, -0.2) is 4.79 Å². The molecule has 2 atom stereocenters. The summed E-state index contributed by atoms with van der Waals surface area (Å²) in [7, 11) is -4.73. The largest absolute Gasteiger partial charge is 0.418 e. The molecule has 10 nitrogen and oxygen atoms in total. The molecular formula is C9H12N4O6S. The Kier molecular flexibility index (Phi) is 2.92. The summed E-state index contributed by atoms with van der Waals surface area (Å²) in [5, 5.41) is 4.47. The molecule has 110 valence electrons. The van der Waals surface area contributed by atoms with Gasteiger partial charge in [0.15, 0.2) is 5.82 Å². The van der Waals surface area contributed by atoms with Gasteiger partial charge in [-0.2, -0.15) is 18.5 Å². The lowest BCUT2D eigenvalue weighted by Gasteiger charge is -2.27. The van der Waals surface area contributed by atoms with Crippen LogP contribution in [0.5, 0.6) is 0 Å². The summed E-state index contributed by atoms with van der Waals surface area (Å²) in [5.74, 6) is 0.766. The SMILES string of the molecule is Cc1nc([C@@H]2CC[C@@H]3CN2C(=O)N3OS(=O)(=O)O)no1. The summed E-state index contributed by atoms with van der Waals surface area (Å²) in [5.41, 5.74) is 0. The fraction of sp³-hybridized carbons (Fsp3) is 0.667. The number of aromatic nitrogens is 2. The third-order valence-corrected chi connectivity index (χ3v) is 3.69. The van der Waals surface area contributed by atoms with E-state index in [0.29, 0.717) is 29.6 Å². The second-order valence-corrected chi connectivity index (χ2v) is 5.69. The minimum atomic E-state index is -4.73. The molecule has 2 fully saturated rings. The maximum absolute atomic E-state index is 12.1. The van der Waals surface area contributed by atoms with Crippen molar-refractivity contribution in [1.29, 1.82) is 0 Å². The van der Waals surface area contributed by atoms with Crippen molar-refractivity contribution in [2.24, 2.45) is 0 Å². The highest BCUT2D eigenvalue weighted by molar-refractivity contribution is 7.80. The molecule has 0 spiro atoms. The Morgan fingerprint density at radius 3 is 2.80 bits per heavy atom. The van der Waals surface area contributed by atoms with Crippen LogP contribution in [0.3, 0.4) is 0 Å². The molecule has 0 unspecified atom stereocenters. The molecule has 2 amide bonds. The van der Waals surface area contributed by atoms with Gasteiger partial charge in [0.25, 0.3) is 0 Å². The number of piperidine rings is 1. The van der Waals surface area contributed by atoms with E-state index in [9.17, 15) is 13.2 Å². The normalized spacial score (nSPS) is 26.4. The van der Waals surface area contributed by atoms with Crippen LogP contribution in [0.2, 0.25) is 0 Å². The van der Waals surface area contributed by atoms with Gasteiger partial charge in [-0.3, -0.25) is 4.55 Å². The van der Waals surface area contributed by atoms with Crippen molar-refractivity contribution in [2.45, 2.75) is 31.8 Å². The van der Waals surface area contributed by atoms with E-state index in [1.54, 1.807) is 6.92 Å². The third kappa shape index (κ3) is 2.23. The van der Waals surface area contributed by atoms with Crippen LogP contribution in [0, 0.1) is 6.92 Å². The summed E-state index contributed by atoms with van der Waals surface area (Å²) in [6, 6.07) is -1.45. The maximum atomic E-state index is 12.1. The molecule has 3 rings (SSSR count). The molecule has 0 saturated carbocycles. The Balaban J connectivity index is 1.84. The molecule has 1 aromatic heterocycles. The van der Waals surface area contributed by atoms with Gasteiger partial charge in [0.05, 0.1) is 12.1 Å². The highest BCUT2D eigenvalue weighted by atomic mass is 32.3. The molecule has 11 heteroatoms. The monoisotopic (exact) mass is 304 g/mol. The zero-order chi connectivity index (χ0) is 14.5. The molecular weight excluding hydrogens is 292 g/mol. The van der Waals surface area contributed by atoms with E-state index in [2.05, 4.69) is 14.4 Å². The Labute approximate surface area is 114 Å². The summed E-state index contributed by atoms with van der Waals surface area (Å²) >= 11 is 0. The first-order valence-electron chi connectivity index (χ1n) is 5.92. The highest BCUT2D eigenvalue weighted by Gasteiger charge is 2.48. The zero-order valence-corrected chi connectivity index (χ0v) is 11.3. The van der Waals surface area contributed by atoms with Gasteiger partial charge < -0.3 is 9.42 Å². The van der Waals surface area contributed by atoms with Crippen LogP contribution >= 0.6 is 0 Å². The first-order valence-corrected chi connectivity index (χ1v) is 7.29. The first-order chi connectivity index (χ1) is 9.35. The van der Waals surface area contributed by atoms with E-state index in [0.717, 1.165) is 0 Å². The van der Waals surface area contributed by atoms with E-state index in [-0.39, 0.29) is 12.6 Å². The average Bonchev–Trinajstić information content (AvgIpc) is 2.88. The van der Waals surface area contributed by atoms with E-state index < -0.39 is 22.5 Å². The van der Waals surface area contributed by atoms with Crippen molar-refractivity contribution < 1.29 is 26.6 Å². The summed E-state index contributed by atoms with van der Waals surface area (Å²) in [6.07, 6.45) is 1.07. The Morgan fingerprint density at radius 2 is 2.20 bits per heavy atom. The average molecular weight is 304 g/mol. The number of urea groups is 1. The summed E-state index contributed by atoms with van der Waals surface area (Å²) in [6.45, 7) is 1.92. The number of hydrogen-bond acceptors (Lipinski definition) is 7. The lowest BCUT2D eigenvalue weighted by Crippen LogP contribution is -2.35.